The van der Waals surface area contributed by atoms with Gasteiger partial charge in [-0.15, -0.1) is 0 Å². The third kappa shape index (κ3) is 4.92. The van der Waals surface area contributed by atoms with Gasteiger partial charge in [0.05, 0.1) is 0 Å². The Kier molecular flexibility index (Phi) is 5.34. The molecular weight excluding hydrogens is 239 g/mol. The molecule has 1 N–H and O–H groups in total. The predicted molar refractivity (Wildman–Crippen MR) is 77.5 cm³/mol. The summed E-state index contributed by atoms with van der Waals surface area (Å²) in [5.41, 5.74) is 1.08. The molecule has 1 atom stereocenters. The molecule has 3 heteroatoms. The van der Waals surface area contributed by atoms with Crippen LogP contribution in [0.2, 0.25) is 0 Å². The van der Waals surface area contributed by atoms with Gasteiger partial charge < -0.3 is 5.32 Å². The van der Waals surface area contributed by atoms with Crippen molar-refractivity contribution in [2.45, 2.75) is 26.8 Å². The molecule has 1 saturated heterocycles. The summed E-state index contributed by atoms with van der Waals surface area (Å²) in [6, 6.07) is 6.95. The molecule has 0 aromatic heterocycles. The van der Waals surface area contributed by atoms with Gasteiger partial charge in [-0.25, -0.2) is 4.39 Å². The second-order valence-corrected chi connectivity index (χ2v) is 6.07. The lowest BCUT2D eigenvalue weighted by molar-refractivity contribution is 0.313. The number of hydrogen-bond acceptors (Lipinski definition) is 2. The number of halogens is 1. The zero-order valence-electron chi connectivity index (χ0n) is 12.0. The van der Waals surface area contributed by atoms with E-state index in [1.807, 2.05) is 6.07 Å². The Labute approximate surface area is 116 Å². The summed E-state index contributed by atoms with van der Waals surface area (Å²) >= 11 is 0. The molecule has 0 radical (unpaired) electrons. The monoisotopic (exact) mass is 264 g/mol. The van der Waals surface area contributed by atoms with Crippen LogP contribution in [0.5, 0.6) is 0 Å². The van der Waals surface area contributed by atoms with Crippen molar-refractivity contribution in [1.82, 2.24) is 10.2 Å². The largest absolute Gasteiger partial charge is 0.316 e. The molecule has 19 heavy (non-hydrogen) atoms. The van der Waals surface area contributed by atoms with Crippen molar-refractivity contribution in [2.75, 3.05) is 26.2 Å². The number of benzene rings is 1. The average molecular weight is 264 g/mol. The van der Waals surface area contributed by atoms with Gasteiger partial charge in [-0.2, -0.15) is 0 Å². The minimum atomic E-state index is -0.133. The highest BCUT2D eigenvalue weighted by Gasteiger charge is 2.22. The van der Waals surface area contributed by atoms with Crippen molar-refractivity contribution in [2.24, 2.45) is 11.8 Å². The van der Waals surface area contributed by atoms with E-state index in [4.69, 9.17) is 0 Å². The second kappa shape index (κ2) is 7.01. The molecule has 0 saturated carbocycles. The van der Waals surface area contributed by atoms with E-state index in [1.54, 1.807) is 12.1 Å². The summed E-state index contributed by atoms with van der Waals surface area (Å²) in [5.74, 6) is 1.32. The first-order valence-electron chi connectivity index (χ1n) is 7.31. The molecule has 2 rings (SSSR count). The van der Waals surface area contributed by atoms with Gasteiger partial charge in [0.25, 0.3) is 0 Å². The summed E-state index contributed by atoms with van der Waals surface area (Å²) in [7, 11) is 0. The van der Waals surface area contributed by atoms with Crippen molar-refractivity contribution < 1.29 is 4.39 Å². The Morgan fingerprint density at radius 3 is 3.00 bits per heavy atom. The smallest absolute Gasteiger partial charge is 0.123 e. The molecule has 1 aliphatic rings. The molecule has 1 heterocycles. The first-order chi connectivity index (χ1) is 9.13. The van der Waals surface area contributed by atoms with Gasteiger partial charge in [-0.3, -0.25) is 4.90 Å². The average Bonchev–Trinajstić information content (AvgIpc) is 2.76. The van der Waals surface area contributed by atoms with Gasteiger partial charge in [0, 0.05) is 13.1 Å². The maximum absolute atomic E-state index is 13.1. The summed E-state index contributed by atoms with van der Waals surface area (Å²) in [6.07, 6.45) is 1.25. The molecule has 0 aliphatic carbocycles. The number of rotatable bonds is 6. The fourth-order valence-electron chi connectivity index (χ4n) is 2.69. The molecule has 1 fully saturated rings. The molecule has 1 unspecified atom stereocenters. The van der Waals surface area contributed by atoms with E-state index in [2.05, 4.69) is 24.1 Å². The maximum Gasteiger partial charge on any atom is 0.123 e. The molecule has 1 aromatic carbocycles. The van der Waals surface area contributed by atoms with Gasteiger partial charge >= 0.3 is 0 Å². The lowest BCUT2D eigenvalue weighted by Crippen LogP contribution is -2.28. The highest BCUT2D eigenvalue weighted by Crippen LogP contribution is 2.18. The van der Waals surface area contributed by atoms with Crippen LogP contribution < -0.4 is 5.32 Å². The Hall–Kier alpha value is -0.930. The summed E-state index contributed by atoms with van der Waals surface area (Å²) < 4.78 is 13.1. The minimum Gasteiger partial charge on any atom is -0.316 e. The molecular formula is C16H25FN2. The molecule has 0 amide bonds. The molecule has 0 bridgehead atoms. The van der Waals surface area contributed by atoms with Crippen LogP contribution in [-0.4, -0.2) is 31.1 Å². The van der Waals surface area contributed by atoms with E-state index < -0.39 is 0 Å². The topological polar surface area (TPSA) is 15.3 Å². The number of likely N-dealkylation sites (tertiary alicyclic amines) is 1. The van der Waals surface area contributed by atoms with Crippen LogP contribution in [0.15, 0.2) is 24.3 Å². The van der Waals surface area contributed by atoms with Crippen LogP contribution >= 0.6 is 0 Å². The zero-order valence-corrected chi connectivity index (χ0v) is 12.0. The van der Waals surface area contributed by atoms with E-state index in [0.29, 0.717) is 5.92 Å². The normalized spacial score (nSPS) is 20.3. The Morgan fingerprint density at radius 1 is 1.42 bits per heavy atom. The summed E-state index contributed by atoms with van der Waals surface area (Å²) in [4.78, 5) is 2.43. The number of hydrogen-bond donors (Lipinski definition) is 1. The molecule has 2 nitrogen and oxygen atoms in total. The van der Waals surface area contributed by atoms with Crippen molar-refractivity contribution in [3.63, 3.8) is 0 Å². The lowest BCUT2D eigenvalue weighted by atomic mass is 10.1. The van der Waals surface area contributed by atoms with Crippen molar-refractivity contribution >= 4 is 0 Å². The number of nitrogens with one attached hydrogen (secondary N) is 1. The fraction of sp³-hybridized carbons (Fsp3) is 0.625. The zero-order chi connectivity index (χ0) is 13.7. The lowest BCUT2D eigenvalue weighted by Gasteiger charge is -2.17. The fourth-order valence-corrected chi connectivity index (χ4v) is 2.69. The quantitative estimate of drug-likeness (QED) is 0.850. The SMILES string of the molecule is CC(C)CNCC1CCN(Cc2cccc(F)c2)C1. The first-order valence-corrected chi connectivity index (χ1v) is 7.31. The number of nitrogens with zero attached hydrogens (tertiary/aromatic N) is 1. The van der Waals surface area contributed by atoms with Crippen LogP contribution in [-0.2, 0) is 6.54 Å². The predicted octanol–water partition coefficient (Wildman–Crippen LogP) is 2.89. The van der Waals surface area contributed by atoms with Gasteiger partial charge in [-0.1, -0.05) is 26.0 Å². The van der Waals surface area contributed by atoms with Crippen LogP contribution in [0, 0.1) is 17.7 Å². The van der Waals surface area contributed by atoms with Crippen molar-refractivity contribution in [3.05, 3.63) is 35.6 Å². The van der Waals surface area contributed by atoms with E-state index in [1.165, 1.54) is 12.5 Å². The summed E-state index contributed by atoms with van der Waals surface area (Å²) in [5, 5.41) is 3.53. The van der Waals surface area contributed by atoms with Gasteiger partial charge in [0.1, 0.15) is 5.82 Å². The van der Waals surface area contributed by atoms with E-state index in [9.17, 15) is 4.39 Å². The van der Waals surface area contributed by atoms with Crippen LogP contribution in [0.25, 0.3) is 0 Å². The summed E-state index contributed by atoms with van der Waals surface area (Å²) in [6.45, 7) is 9.80. The first kappa shape index (κ1) is 14.5. The Morgan fingerprint density at radius 2 is 2.26 bits per heavy atom. The molecule has 1 aromatic rings. The Balaban J connectivity index is 1.73. The maximum atomic E-state index is 13.1. The third-order valence-corrected chi connectivity index (χ3v) is 3.65. The van der Waals surface area contributed by atoms with Gasteiger partial charge in [0.2, 0.25) is 0 Å². The van der Waals surface area contributed by atoms with E-state index >= 15 is 0 Å². The highest BCUT2D eigenvalue weighted by molar-refractivity contribution is 5.16. The van der Waals surface area contributed by atoms with Crippen LogP contribution in [0.3, 0.4) is 0 Å². The third-order valence-electron chi connectivity index (χ3n) is 3.65. The van der Waals surface area contributed by atoms with Crippen molar-refractivity contribution in [3.8, 4) is 0 Å². The highest BCUT2D eigenvalue weighted by atomic mass is 19.1. The van der Waals surface area contributed by atoms with Crippen LogP contribution in [0.4, 0.5) is 4.39 Å². The second-order valence-electron chi connectivity index (χ2n) is 6.07. The Bertz CT molecular complexity index is 392. The van der Waals surface area contributed by atoms with Crippen LogP contribution in [0.1, 0.15) is 25.8 Å². The standard InChI is InChI=1S/C16H25FN2/c1-13(2)9-18-10-15-6-7-19(12-15)11-14-4-3-5-16(17)8-14/h3-5,8,13,15,18H,6-7,9-12H2,1-2H3. The molecule has 0 spiro atoms. The molecule has 1 aliphatic heterocycles. The van der Waals surface area contributed by atoms with Gasteiger partial charge in [0.15, 0.2) is 0 Å². The molecule has 106 valence electrons. The van der Waals surface area contributed by atoms with Crippen molar-refractivity contribution in [1.29, 1.82) is 0 Å². The van der Waals surface area contributed by atoms with E-state index in [-0.39, 0.29) is 5.82 Å². The minimum absolute atomic E-state index is 0.133. The van der Waals surface area contributed by atoms with E-state index in [0.717, 1.165) is 44.2 Å². The van der Waals surface area contributed by atoms with Gasteiger partial charge in [-0.05, 0) is 55.6 Å².